The Morgan fingerprint density at radius 3 is 2.65 bits per heavy atom. The first-order chi connectivity index (χ1) is 9.45. The minimum atomic E-state index is -1.22. The Kier molecular flexibility index (Phi) is 5.52. The van der Waals surface area contributed by atoms with Gasteiger partial charge in [0.2, 0.25) is 0 Å². The fraction of sp³-hybridized carbons (Fsp3) is 0.308. The van der Waals surface area contributed by atoms with Crippen molar-refractivity contribution in [3.8, 4) is 11.5 Å². The first-order valence-corrected chi connectivity index (χ1v) is 5.79. The molecule has 1 unspecified atom stereocenters. The number of rotatable bonds is 7. The highest BCUT2D eigenvalue weighted by atomic mass is 16.5. The molecule has 0 saturated carbocycles. The minimum Gasteiger partial charge on any atom is -0.504 e. The van der Waals surface area contributed by atoms with E-state index >= 15 is 0 Å². The Morgan fingerprint density at radius 2 is 2.10 bits per heavy atom. The number of phenols is 1. The highest BCUT2D eigenvalue weighted by Gasteiger charge is 2.17. The predicted molar refractivity (Wildman–Crippen MR) is 70.5 cm³/mol. The van der Waals surface area contributed by atoms with Crippen LogP contribution in [0.5, 0.6) is 11.5 Å². The van der Waals surface area contributed by atoms with Crippen molar-refractivity contribution in [2.45, 2.75) is 18.9 Å². The molecule has 20 heavy (non-hydrogen) atoms. The van der Waals surface area contributed by atoms with Gasteiger partial charge < -0.3 is 20.1 Å². The summed E-state index contributed by atoms with van der Waals surface area (Å²) in [6.07, 6.45) is 0.781. The van der Waals surface area contributed by atoms with E-state index in [2.05, 4.69) is 4.99 Å². The quantitative estimate of drug-likeness (QED) is 0.645. The number of para-hydroxylation sites is 1. The van der Waals surface area contributed by atoms with Gasteiger partial charge in [-0.1, -0.05) is 6.07 Å². The largest absolute Gasteiger partial charge is 0.504 e. The fourth-order valence-corrected chi connectivity index (χ4v) is 1.50. The molecule has 0 aromatic heterocycles. The summed E-state index contributed by atoms with van der Waals surface area (Å²) in [6, 6.07) is 3.53. The number of hydrogen-bond acceptors (Lipinski definition) is 5. The van der Waals surface area contributed by atoms with Crippen molar-refractivity contribution in [3.05, 3.63) is 23.8 Å². The molecule has 0 heterocycles. The van der Waals surface area contributed by atoms with Crippen molar-refractivity contribution in [2.75, 3.05) is 7.11 Å². The van der Waals surface area contributed by atoms with Crippen LogP contribution in [0, 0.1) is 0 Å². The number of hydrogen-bond donors (Lipinski definition) is 3. The first kappa shape index (κ1) is 15.5. The van der Waals surface area contributed by atoms with Crippen molar-refractivity contribution in [1.82, 2.24) is 0 Å². The molecule has 1 rings (SSSR count). The molecule has 1 atom stereocenters. The van der Waals surface area contributed by atoms with E-state index in [1.54, 1.807) is 12.1 Å². The van der Waals surface area contributed by atoms with Gasteiger partial charge in [0.1, 0.15) is 6.04 Å². The van der Waals surface area contributed by atoms with Crippen LogP contribution < -0.4 is 4.74 Å². The van der Waals surface area contributed by atoms with Crippen LogP contribution in [-0.2, 0) is 9.59 Å². The lowest BCUT2D eigenvalue weighted by Crippen LogP contribution is -2.19. The molecule has 0 amide bonds. The highest BCUT2D eigenvalue weighted by molar-refractivity contribution is 5.87. The van der Waals surface area contributed by atoms with Crippen LogP contribution in [0.1, 0.15) is 18.4 Å². The van der Waals surface area contributed by atoms with Gasteiger partial charge in [0.05, 0.1) is 7.11 Å². The van der Waals surface area contributed by atoms with Crippen LogP contribution in [0.15, 0.2) is 23.2 Å². The van der Waals surface area contributed by atoms with E-state index in [9.17, 15) is 14.7 Å². The molecular formula is C13H15NO6. The number of nitrogens with zero attached hydrogens (tertiary/aromatic N) is 1. The Morgan fingerprint density at radius 1 is 1.40 bits per heavy atom. The van der Waals surface area contributed by atoms with Crippen LogP contribution in [0.3, 0.4) is 0 Å². The Balaban J connectivity index is 2.87. The zero-order chi connectivity index (χ0) is 15.1. The lowest BCUT2D eigenvalue weighted by Gasteiger charge is -2.07. The van der Waals surface area contributed by atoms with Crippen LogP contribution >= 0.6 is 0 Å². The van der Waals surface area contributed by atoms with E-state index in [1.165, 1.54) is 19.4 Å². The summed E-state index contributed by atoms with van der Waals surface area (Å²) < 4.78 is 4.91. The smallest absolute Gasteiger partial charge is 0.328 e. The van der Waals surface area contributed by atoms with Crippen molar-refractivity contribution in [3.63, 3.8) is 0 Å². The summed E-state index contributed by atoms with van der Waals surface area (Å²) >= 11 is 0. The number of carboxylic acids is 2. The van der Waals surface area contributed by atoms with Gasteiger partial charge in [0, 0.05) is 18.2 Å². The third-order valence-corrected chi connectivity index (χ3v) is 2.56. The van der Waals surface area contributed by atoms with Crippen molar-refractivity contribution in [1.29, 1.82) is 0 Å². The Hall–Kier alpha value is -2.57. The van der Waals surface area contributed by atoms with E-state index in [1.807, 2.05) is 0 Å². The minimum absolute atomic E-state index is 0.119. The van der Waals surface area contributed by atoms with E-state index in [-0.39, 0.29) is 24.3 Å². The standard InChI is InChI=1S/C13H15NO6/c1-20-10-4-2-3-8(12(10)17)7-14-9(13(18)19)5-6-11(15)16/h2-4,7,9,17H,5-6H2,1H3,(H,15,16)(H,18,19). The maximum absolute atomic E-state index is 10.9. The number of aliphatic imine (C=N–C) groups is 1. The van der Waals surface area contributed by atoms with Crippen molar-refractivity contribution >= 4 is 18.2 Å². The van der Waals surface area contributed by atoms with E-state index < -0.39 is 18.0 Å². The maximum atomic E-state index is 10.9. The molecule has 0 aliphatic rings. The number of benzene rings is 1. The molecular weight excluding hydrogens is 266 g/mol. The number of carbonyl (C=O) groups is 2. The molecule has 0 saturated heterocycles. The molecule has 0 radical (unpaired) electrons. The van der Waals surface area contributed by atoms with Crippen LogP contribution in [0.4, 0.5) is 0 Å². The maximum Gasteiger partial charge on any atom is 0.328 e. The monoisotopic (exact) mass is 281 g/mol. The molecule has 7 heteroatoms. The lowest BCUT2D eigenvalue weighted by atomic mass is 10.1. The third kappa shape index (κ3) is 4.27. The second-order valence-electron chi connectivity index (χ2n) is 3.96. The summed E-state index contributed by atoms with van der Waals surface area (Å²) in [5.74, 6) is -2.21. The van der Waals surface area contributed by atoms with Gasteiger partial charge in [-0.05, 0) is 18.6 Å². The number of carboxylic acid groups (broad SMARTS) is 2. The molecule has 7 nitrogen and oxygen atoms in total. The SMILES string of the molecule is COc1cccc(C=NC(CCC(=O)O)C(=O)O)c1O. The van der Waals surface area contributed by atoms with Gasteiger partial charge in [-0.15, -0.1) is 0 Å². The van der Waals surface area contributed by atoms with Gasteiger partial charge in [-0.3, -0.25) is 9.79 Å². The topological polar surface area (TPSA) is 116 Å². The summed E-state index contributed by atoms with van der Waals surface area (Å²) in [7, 11) is 1.39. The van der Waals surface area contributed by atoms with E-state index in [0.717, 1.165) is 0 Å². The molecule has 0 bridgehead atoms. The molecule has 0 aliphatic carbocycles. The number of phenolic OH excluding ortho intramolecular Hbond substituents is 1. The Bertz CT molecular complexity index is 526. The zero-order valence-electron chi connectivity index (χ0n) is 10.8. The van der Waals surface area contributed by atoms with Crippen molar-refractivity contribution in [2.24, 2.45) is 4.99 Å². The van der Waals surface area contributed by atoms with Crippen LogP contribution in [0.25, 0.3) is 0 Å². The normalized spacial score (nSPS) is 12.2. The van der Waals surface area contributed by atoms with Gasteiger partial charge >= 0.3 is 11.9 Å². The van der Waals surface area contributed by atoms with Crippen LogP contribution in [-0.4, -0.2) is 46.6 Å². The van der Waals surface area contributed by atoms with Gasteiger partial charge in [-0.25, -0.2) is 4.79 Å². The zero-order valence-corrected chi connectivity index (χ0v) is 10.8. The summed E-state index contributed by atoms with van der Waals surface area (Å²) in [4.78, 5) is 25.2. The van der Waals surface area contributed by atoms with Gasteiger partial charge in [-0.2, -0.15) is 0 Å². The molecule has 108 valence electrons. The highest BCUT2D eigenvalue weighted by Crippen LogP contribution is 2.28. The second kappa shape index (κ2) is 7.13. The molecule has 0 fully saturated rings. The number of methoxy groups -OCH3 is 1. The summed E-state index contributed by atoms with van der Waals surface area (Å²) in [6.45, 7) is 0. The molecule has 0 spiro atoms. The summed E-state index contributed by atoms with van der Waals surface area (Å²) in [5, 5.41) is 27.3. The number of aliphatic carboxylic acids is 2. The molecule has 0 aliphatic heterocycles. The van der Waals surface area contributed by atoms with Crippen LogP contribution in [0.2, 0.25) is 0 Å². The number of ether oxygens (including phenoxy) is 1. The molecule has 3 N–H and O–H groups in total. The average Bonchev–Trinajstić information content (AvgIpc) is 2.39. The molecule has 1 aromatic rings. The molecule has 1 aromatic carbocycles. The average molecular weight is 281 g/mol. The Labute approximate surface area is 115 Å². The third-order valence-electron chi connectivity index (χ3n) is 2.56. The fourth-order valence-electron chi connectivity index (χ4n) is 1.50. The first-order valence-electron chi connectivity index (χ1n) is 5.79. The van der Waals surface area contributed by atoms with Crippen molar-refractivity contribution < 1.29 is 29.6 Å². The number of aromatic hydroxyl groups is 1. The van der Waals surface area contributed by atoms with E-state index in [4.69, 9.17) is 14.9 Å². The summed E-state index contributed by atoms with van der Waals surface area (Å²) in [5.41, 5.74) is 0.297. The van der Waals surface area contributed by atoms with Gasteiger partial charge in [0.25, 0.3) is 0 Å². The second-order valence-corrected chi connectivity index (χ2v) is 3.96. The lowest BCUT2D eigenvalue weighted by molar-refractivity contribution is -0.139. The van der Waals surface area contributed by atoms with E-state index in [0.29, 0.717) is 5.56 Å². The van der Waals surface area contributed by atoms with Gasteiger partial charge in [0.15, 0.2) is 11.5 Å². The predicted octanol–water partition coefficient (Wildman–Crippen LogP) is 1.14.